The zero-order valence-electron chi connectivity index (χ0n) is 10.3. The Morgan fingerprint density at radius 1 is 0.929 bits per heavy atom. The summed E-state index contributed by atoms with van der Waals surface area (Å²) >= 11 is -3.33. The van der Waals surface area contributed by atoms with Crippen molar-refractivity contribution in [1.82, 2.24) is 0 Å². The normalized spacial score (nSPS) is 23.0. The van der Waals surface area contributed by atoms with Gasteiger partial charge in [0.25, 0.3) is 0 Å². The van der Waals surface area contributed by atoms with Gasteiger partial charge in [0.05, 0.1) is 0 Å². The minimum atomic E-state index is -3.33. The summed E-state index contributed by atoms with van der Waals surface area (Å²) in [5, 5.41) is 0. The van der Waals surface area contributed by atoms with Gasteiger partial charge in [0, 0.05) is 0 Å². The fraction of sp³-hybridized carbons (Fsp3) is 0.636. The van der Waals surface area contributed by atoms with Crippen molar-refractivity contribution in [2.75, 3.05) is 0 Å². The molecule has 3 heteroatoms. The van der Waals surface area contributed by atoms with Crippen molar-refractivity contribution in [1.29, 1.82) is 0 Å². The molecule has 0 atom stereocenters. The van der Waals surface area contributed by atoms with Gasteiger partial charge in [-0.1, -0.05) is 0 Å². The molecule has 0 spiro atoms. The average molecular weight is 319 g/mol. The Labute approximate surface area is 95.6 Å². The van der Waals surface area contributed by atoms with Gasteiger partial charge in [-0.25, -0.2) is 0 Å². The maximum atomic E-state index is 2.51. The van der Waals surface area contributed by atoms with Crippen LogP contribution in [-0.2, 0) is 15.8 Å². The number of halogens is 2. The van der Waals surface area contributed by atoms with E-state index in [1.54, 1.807) is 3.28 Å². The molecule has 0 aromatic heterocycles. The standard InChI is InChI=1S/C5H5.6CH3.2ClH.Zr/c1-2-4-5-3-1;;;;;;;;;/h1-3H,4H2;6*1H3;2*1H;. The van der Waals surface area contributed by atoms with Crippen molar-refractivity contribution in [2.24, 2.45) is 0 Å². The monoisotopic (exact) mass is 317 g/mol. The second-order valence-electron chi connectivity index (χ2n) is 10.3. The average Bonchev–Trinajstić information content (AvgIpc) is 1.99. The van der Waals surface area contributed by atoms with Crippen LogP contribution in [-0.4, -0.2) is 0 Å². The predicted octanol–water partition coefficient (Wildman–Crippen LogP) is 5.72. The first-order chi connectivity index (χ1) is 4.80. The summed E-state index contributed by atoms with van der Waals surface area (Å²) in [6.45, 7) is 0. The van der Waals surface area contributed by atoms with Crippen molar-refractivity contribution in [3.05, 3.63) is 21.5 Å². The molecule has 0 heterocycles. The number of rotatable bonds is 1. The molecule has 0 aromatic carbocycles. The van der Waals surface area contributed by atoms with Gasteiger partial charge in [0.2, 0.25) is 0 Å². The van der Waals surface area contributed by atoms with E-state index in [1.807, 2.05) is 0 Å². The Morgan fingerprint density at radius 2 is 1.36 bits per heavy atom. The zero-order valence-corrected chi connectivity index (χ0v) is 14.3. The van der Waals surface area contributed by atoms with E-state index in [9.17, 15) is 0 Å². The first kappa shape index (κ1) is 17.3. The first-order valence-corrected chi connectivity index (χ1v) is 20.9. The van der Waals surface area contributed by atoms with Crippen molar-refractivity contribution >= 4 is 24.8 Å². The van der Waals surface area contributed by atoms with E-state index in [0.717, 1.165) is 0 Å². The van der Waals surface area contributed by atoms with E-state index >= 15 is 0 Å². The molecule has 0 amide bonds. The molecule has 1 aliphatic rings. The third-order valence-corrected chi connectivity index (χ3v) is 13.1. The van der Waals surface area contributed by atoms with Crippen LogP contribution in [0.5, 0.6) is 0 Å². The van der Waals surface area contributed by atoms with Gasteiger partial charge in [-0.05, 0) is 0 Å². The summed E-state index contributed by atoms with van der Waals surface area (Å²) < 4.78 is 16.7. The van der Waals surface area contributed by atoms with E-state index in [0.29, 0.717) is 0 Å². The molecule has 14 heavy (non-hydrogen) atoms. The van der Waals surface area contributed by atoms with E-state index in [2.05, 4.69) is 46.0 Å². The van der Waals surface area contributed by atoms with Gasteiger partial charge in [-0.15, -0.1) is 24.8 Å². The molecule has 0 fully saturated rings. The Kier molecular flexibility index (Phi) is 3.45. The second kappa shape index (κ2) is 2.79. The third-order valence-electron chi connectivity index (χ3n) is 2.70. The summed E-state index contributed by atoms with van der Waals surface area (Å²) in [5.74, 6) is 0. The van der Waals surface area contributed by atoms with Gasteiger partial charge in [-0.2, -0.15) is 0 Å². The summed E-state index contributed by atoms with van der Waals surface area (Å²) in [4.78, 5) is 0. The van der Waals surface area contributed by atoms with Crippen LogP contribution in [0.1, 0.15) is 6.42 Å². The van der Waals surface area contributed by atoms with Gasteiger partial charge in [0.15, 0.2) is 0 Å². The summed E-state index contributed by atoms with van der Waals surface area (Å²) in [5.41, 5.74) is 0. The van der Waals surface area contributed by atoms with Gasteiger partial charge in [-0.3, -0.25) is 0 Å². The van der Waals surface area contributed by atoms with Gasteiger partial charge < -0.3 is 0 Å². The topological polar surface area (TPSA) is 0 Å². The SMILES string of the molecule is Cl.Cl.[CH3][Zr]([CH3])([CH3])([CH3])([CH3])([CH3])[C]1=CC=CC1. The van der Waals surface area contributed by atoms with Crippen LogP contribution < -0.4 is 0 Å². The summed E-state index contributed by atoms with van der Waals surface area (Å²) in [6, 6.07) is 0. The second-order valence-corrected chi connectivity index (χ2v) is 56.1. The van der Waals surface area contributed by atoms with Crippen molar-refractivity contribution < 1.29 is 15.8 Å². The fourth-order valence-corrected chi connectivity index (χ4v) is 7.55. The fourth-order valence-electron chi connectivity index (χ4n) is 1.56. The van der Waals surface area contributed by atoms with E-state index in [4.69, 9.17) is 0 Å². The van der Waals surface area contributed by atoms with Crippen LogP contribution in [0.25, 0.3) is 0 Å². The van der Waals surface area contributed by atoms with E-state index in [1.165, 1.54) is 6.42 Å². The molecule has 0 N–H and O–H groups in total. The van der Waals surface area contributed by atoms with Gasteiger partial charge in [0.1, 0.15) is 0 Å². The van der Waals surface area contributed by atoms with Crippen molar-refractivity contribution in [3.8, 4) is 0 Å². The quantitative estimate of drug-likeness (QED) is 0.579. The maximum absolute atomic E-state index is 3.33. The molecule has 1 rings (SSSR count). The molecule has 0 aromatic rings. The number of hydrogen-bond acceptors (Lipinski definition) is 0. The molecule has 0 saturated carbocycles. The molecule has 1 aliphatic carbocycles. The zero-order chi connectivity index (χ0) is 9.78. The molecule has 0 bridgehead atoms. The molecule has 0 radical (unpaired) electrons. The van der Waals surface area contributed by atoms with Crippen LogP contribution in [0.15, 0.2) is 21.5 Å². The molecule has 87 valence electrons. The summed E-state index contributed by atoms with van der Waals surface area (Å²) in [7, 11) is 0. The van der Waals surface area contributed by atoms with Crippen LogP contribution in [0.3, 0.4) is 0 Å². The molecule has 0 aliphatic heterocycles. The van der Waals surface area contributed by atoms with Crippen molar-refractivity contribution in [2.45, 2.75) is 34.2 Å². The Bertz CT molecular complexity index is 288. The van der Waals surface area contributed by atoms with E-state index < -0.39 is 15.8 Å². The van der Waals surface area contributed by atoms with Crippen LogP contribution >= 0.6 is 24.8 Å². The van der Waals surface area contributed by atoms with Crippen LogP contribution in [0.2, 0.25) is 27.8 Å². The molecular formula is C11H25Cl2Zr. The molecule has 0 unspecified atom stereocenters. The molecular weight excluding hydrogens is 294 g/mol. The van der Waals surface area contributed by atoms with Crippen molar-refractivity contribution in [3.63, 3.8) is 0 Å². The number of hydrogen-bond donors (Lipinski definition) is 0. The Hall–Kier alpha value is 0.943. The molecule has 0 saturated heterocycles. The van der Waals surface area contributed by atoms with Gasteiger partial charge >= 0.3 is 71.5 Å². The minimum absolute atomic E-state index is 0. The predicted molar refractivity (Wildman–Crippen MR) is 71.5 cm³/mol. The molecule has 0 nitrogen and oxygen atoms in total. The van der Waals surface area contributed by atoms with Crippen LogP contribution in [0.4, 0.5) is 0 Å². The Balaban J connectivity index is 0. The first-order valence-electron chi connectivity index (χ1n) is 4.97. The Morgan fingerprint density at radius 3 is 1.50 bits per heavy atom. The summed E-state index contributed by atoms with van der Waals surface area (Å²) in [6.07, 6.45) is 7.99. The third kappa shape index (κ3) is 4.64. The number of allylic oxidation sites excluding steroid dienone is 4. The van der Waals surface area contributed by atoms with Crippen LogP contribution in [0, 0.1) is 0 Å². The van der Waals surface area contributed by atoms with E-state index in [-0.39, 0.29) is 24.8 Å².